The molecule has 1 aliphatic rings. The summed E-state index contributed by atoms with van der Waals surface area (Å²) in [6.07, 6.45) is -1.04. The lowest BCUT2D eigenvalue weighted by molar-refractivity contribution is -0.158. The van der Waals surface area contributed by atoms with Gasteiger partial charge in [-0.25, -0.2) is 21.6 Å². The molecule has 2 aromatic carbocycles. The van der Waals surface area contributed by atoms with Gasteiger partial charge in [-0.1, -0.05) is 12.1 Å². The van der Waals surface area contributed by atoms with Gasteiger partial charge in [0.2, 0.25) is 10.0 Å². The van der Waals surface area contributed by atoms with Crippen LogP contribution >= 0.6 is 0 Å². The third-order valence-electron chi connectivity index (χ3n) is 5.09. The fourth-order valence-corrected chi connectivity index (χ4v) is 4.81. The van der Waals surface area contributed by atoms with Gasteiger partial charge in [0.25, 0.3) is 5.91 Å². The molecule has 7 nitrogen and oxygen atoms in total. The van der Waals surface area contributed by atoms with Crippen LogP contribution < -0.4 is 5.32 Å². The minimum atomic E-state index is -4.27. The molecule has 1 heterocycles. The number of amides is 1. The van der Waals surface area contributed by atoms with Crippen molar-refractivity contribution in [2.75, 3.05) is 18.4 Å². The minimum absolute atomic E-state index is 0.0523. The average molecular weight is 470 g/mol. The van der Waals surface area contributed by atoms with E-state index in [1.807, 2.05) is 0 Å². The highest BCUT2D eigenvalue weighted by Crippen LogP contribution is 2.27. The number of hydrogen-bond donors (Lipinski definition) is 1. The zero-order valence-corrected chi connectivity index (χ0v) is 17.9. The van der Waals surface area contributed by atoms with E-state index in [0.29, 0.717) is 6.07 Å². The lowest BCUT2D eigenvalue weighted by Crippen LogP contribution is -2.42. The van der Waals surface area contributed by atoms with E-state index in [1.165, 1.54) is 31.2 Å². The van der Waals surface area contributed by atoms with E-state index in [9.17, 15) is 31.2 Å². The number of para-hydroxylation sites is 1. The number of anilines is 1. The van der Waals surface area contributed by atoms with E-state index >= 15 is 0 Å². The Kier molecular flexibility index (Phi) is 7.19. The number of rotatable bonds is 6. The summed E-state index contributed by atoms with van der Waals surface area (Å²) in [6, 6.07) is 7.70. The number of ether oxygens (including phenoxy) is 1. The molecule has 1 aliphatic heterocycles. The maximum absolute atomic E-state index is 13.9. The molecule has 0 bridgehead atoms. The zero-order valence-electron chi connectivity index (χ0n) is 17.1. The highest BCUT2D eigenvalue weighted by atomic mass is 32.2. The first-order valence-corrected chi connectivity index (χ1v) is 11.2. The van der Waals surface area contributed by atoms with Crippen molar-refractivity contribution < 1.29 is 35.9 Å². The van der Waals surface area contributed by atoms with Crippen LogP contribution in [0.1, 0.15) is 19.8 Å². The van der Waals surface area contributed by atoms with E-state index in [1.54, 1.807) is 0 Å². The van der Waals surface area contributed by atoms with Crippen molar-refractivity contribution in [1.82, 2.24) is 4.31 Å². The van der Waals surface area contributed by atoms with E-state index in [0.717, 1.165) is 16.4 Å². The first-order valence-electron chi connectivity index (χ1n) is 9.80. The second-order valence-electron chi connectivity index (χ2n) is 7.30. The SMILES string of the molecule is CC(OC(=O)C1CCN(S(=O)(=O)c2cc(F)ccc2F)CC1)C(=O)Nc1ccccc1F. The molecule has 0 aromatic heterocycles. The molecule has 32 heavy (non-hydrogen) atoms. The predicted molar refractivity (Wildman–Crippen MR) is 108 cm³/mol. The van der Waals surface area contributed by atoms with Gasteiger partial charge in [-0.05, 0) is 50.1 Å². The van der Waals surface area contributed by atoms with Crippen molar-refractivity contribution in [3.63, 3.8) is 0 Å². The van der Waals surface area contributed by atoms with Gasteiger partial charge < -0.3 is 10.1 Å². The van der Waals surface area contributed by atoms with Crippen LogP contribution in [0.2, 0.25) is 0 Å². The summed E-state index contributed by atoms with van der Waals surface area (Å²) in [5.74, 6) is -4.68. The maximum atomic E-state index is 13.9. The van der Waals surface area contributed by atoms with E-state index in [-0.39, 0.29) is 31.6 Å². The van der Waals surface area contributed by atoms with Crippen LogP contribution in [0.25, 0.3) is 0 Å². The van der Waals surface area contributed by atoms with Gasteiger partial charge in [-0.2, -0.15) is 4.31 Å². The zero-order chi connectivity index (χ0) is 23.5. The second-order valence-corrected chi connectivity index (χ2v) is 9.21. The lowest BCUT2D eigenvalue weighted by Gasteiger charge is -2.30. The second kappa shape index (κ2) is 9.70. The highest BCUT2D eigenvalue weighted by Gasteiger charge is 2.35. The molecule has 0 saturated carbocycles. The maximum Gasteiger partial charge on any atom is 0.309 e. The molecule has 1 N–H and O–H groups in total. The van der Waals surface area contributed by atoms with Crippen molar-refractivity contribution in [3.8, 4) is 0 Å². The number of benzene rings is 2. The number of nitrogens with one attached hydrogen (secondary N) is 1. The van der Waals surface area contributed by atoms with Crippen molar-refractivity contribution >= 4 is 27.6 Å². The van der Waals surface area contributed by atoms with Gasteiger partial charge in [0, 0.05) is 13.1 Å². The summed E-state index contributed by atoms with van der Waals surface area (Å²) in [7, 11) is -4.27. The molecule has 3 rings (SSSR count). The van der Waals surface area contributed by atoms with E-state index in [2.05, 4.69) is 5.32 Å². The largest absolute Gasteiger partial charge is 0.452 e. The Hall–Kier alpha value is -2.92. The van der Waals surface area contributed by atoms with Crippen LogP contribution in [0.4, 0.5) is 18.9 Å². The fourth-order valence-electron chi connectivity index (χ4n) is 3.27. The standard InChI is InChI=1S/C21H21F3N2O5S/c1-13(20(27)25-18-5-3-2-4-16(18)23)31-21(28)14-8-10-26(11-9-14)32(29,30)19-12-15(22)6-7-17(19)24/h2-7,12-14H,8-11H2,1H3,(H,25,27). The van der Waals surface area contributed by atoms with Crippen molar-refractivity contribution in [3.05, 3.63) is 59.9 Å². The van der Waals surface area contributed by atoms with Crippen LogP contribution in [0.5, 0.6) is 0 Å². The molecule has 1 amide bonds. The lowest BCUT2D eigenvalue weighted by atomic mass is 9.98. The van der Waals surface area contributed by atoms with Gasteiger partial charge in [-0.3, -0.25) is 9.59 Å². The molecular weight excluding hydrogens is 449 g/mol. The molecule has 0 aliphatic carbocycles. The number of halogens is 3. The van der Waals surface area contributed by atoms with Crippen LogP contribution in [0, 0.1) is 23.4 Å². The Balaban J connectivity index is 1.56. The summed E-state index contributed by atoms with van der Waals surface area (Å²) in [5.41, 5.74) is -0.0523. The third-order valence-corrected chi connectivity index (χ3v) is 7.01. The summed E-state index contributed by atoms with van der Waals surface area (Å²) in [4.78, 5) is 23.8. The molecule has 2 aromatic rings. The molecule has 1 saturated heterocycles. The van der Waals surface area contributed by atoms with Gasteiger partial charge in [0.15, 0.2) is 6.10 Å². The Labute approximate surface area is 183 Å². The fraction of sp³-hybridized carbons (Fsp3) is 0.333. The predicted octanol–water partition coefficient (Wildman–Crippen LogP) is 3.08. The highest BCUT2D eigenvalue weighted by molar-refractivity contribution is 7.89. The van der Waals surface area contributed by atoms with Gasteiger partial charge in [-0.15, -0.1) is 0 Å². The Morgan fingerprint density at radius 2 is 1.72 bits per heavy atom. The first-order chi connectivity index (χ1) is 15.1. The molecule has 1 unspecified atom stereocenters. The monoisotopic (exact) mass is 470 g/mol. The Bertz CT molecular complexity index is 1120. The van der Waals surface area contributed by atoms with Crippen molar-refractivity contribution in [2.45, 2.75) is 30.8 Å². The van der Waals surface area contributed by atoms with Gasteiger partial charge >= 0.3 is 5.97 Å². The van der Waals surface area contributed by atoms with Gasteiger partial charge in [0.05, 0.1) is 11.6 Å². The molecule has 1 atom stereocenters. The van der Waals surface area contributed by atoms with Crippen LogP contribution in [0.3, 0.4) is 0 Å². The number of carbonyl (C=O) groups is 2. The number of carbonyl (C=O) groups excluding carboxylic acids is 2. The minimum Gasteiger partial charge on any atom is -0.452 e. The van der Waals surface area contributed by atoms with Gasteiger partial charge in [0.1, 0.15) is 22.3 Å². The number of esters is 1. The molecule has 1 fully saturated rings. The molecule has 172 valence electrons. The molecule has 0 spiro atoms. The number of hydrogen-bond acceptors (Lipinski definition) is 5. The number of nitrogens with zero attached hydrogens (tertiary/aromatic N) is 1. The Morgan fingerprint density at radius 1 is 1.06 bits per heavy atom. The average Bonchev–Trinajstić information content (AvgIpc) is 2.76. The van der Waals surface area contributed by atoms with Crippen LogP contribution in [-0.4, -0.2) is 43.8 Å². The summed E-state index contributed by atoms with van der Waals surface area (Å²) in [6.45, 7) is 1.13. The third kappa shape index (κ3) is 5.28. The smallest absolute Gasteiger partial charge is 0.309 e. The normalized spacial score (nSPS) is 16.4. The number of sulfonamides is 1. The Morgan fingerprint density at radius 3 is 2.38 bits per heavy atom. The summed E-state index contributed by atoms with van der Waals surface area (Å²) >= 11 is 0. The van der Waals surface area contributed by atoms with E-state index < -0.39 is 56.3 Å². The molecule has 11 heteroatoms. The summed E-state index contributed by atoms with van der Waals surface area (Å²) < 4.78 is 72.3. The quantitative estimate of drug-likeness (QED) is 0.655. The van der Waals surface area contributed by atoms with Crippen molar-refractivity contribution in [1.29, 1.82) is 0 Å². The first kappa shape index (κ1) is 23.7. The van der Waals surface area contributed by atoms with Crippen LogP contribution in [0.15, 0.2) is 47.4 Å². The summed E-state index contributed by atoms with van der Waals surface area (Å²) in [5, 5.41) is 2.33. The van der Waals surface area contributed by atoms with E-state index in [4.69, 9.17) is 4.74 Å². The van der Waals surface area contributed by atoms with Crippen molar-refractivity contribution in [2.24, 2.45) is 5.92 Å². The molecule has 0 radical (unpaired) electrons. The number of piperidine rings is 1. The van der Waals surface area contributed by atoms with Crippen LogP contribution in [-0.2, 0) is 24.3 Å². The topological polar surface area (TPSA) is 92.8 Å². The molecular formula is C21H21F3N2O5S.